The highest BCUT2D eigenvalue weighted by Gasteiger charge is 2.27. The Bertz CT molecular complexity index is 1850. The second-order valence-corrected chi connectivity index (χ2v) is 10.8. The minimum absolute atomic E-state index is 0.0120. The molecule has 214 valence electrons. The maximum atomic E-state index is 15.4. The Kier molecular flexibility index (Phi) is 7.22. The van der Waals surface area contributed by atoms with Crippen molar-refractivity contribution in [2.24, 2.45) is 0 Å². The van der Waals surface area contributed by atoms with Crippen molar-refractivity contribution in [2.75, 3.05) is 0 Å². The van der Waals surface area contributed by atoms with Crippen LogP contribution in [0.2, 0.25) is 0 Å². The first-order valence-corrected chi connectivity index (χ1v) is 14.3. The van der Waals surface area contributed by atoms with E-state index in [2.05, 4.69) is 18.8 Å². The molecule has 3 heterocycles. The molecule has 0 spiro atoms. The quantitative estimate of drug-likeness (QED) is 0.203. The summed E-state index contributed by atoms with van der Waals surface area (Å²) >= 11 is 0. The number of pyridine rings is 2. The standard InChI is InChI=1S/C34H32F2N4O2/c1-4-22-7-6-8-23(5-2)32(22)40-30(29-14-16-39(38-29)24-10-11-24)19-31(41)27(34(40)42)17-21-9-12-26(28(35)18-21)25-13-15-37-33(36)20(25)3/h6-9,12-16,18-19,24,42H,4-5,10-11,17H2,1-3H3. The normalized spacial score (nSPS) is 13.1. The van der Waals surface area contributed by atoms with Crippen LogP contribution in [0.25, 0.3) is 28.2 Å². The number of rotatable bonds is 8. The van der Waals surface area contributed by atoms with Gasteiger partial charge in [0.1, 0.15) is 11.5 Å². The van der Waals surface area contributed by atoms with Crippen molar-refractivity contribution in [3.05, 3.63) is 117 Å². The molecule has 0 aliphatic heterocycles. The van der Waals surface area contributed by atoms with Gasteiger partial charge in [-0.25, -0.2) is 9.37 Å². The van der Waals surface area contributed by atoms with Crippen molar-refractivity contribution in [2.45, 2.75) is 58.9 Å². The smallest absolute Gasteiger partial charge is 0.216 e. The number of hydrogen-bond acceptors (Lipinski definition) is 4. The summed E-state index contributed by atoms with van der Waals surface area (Å²) in [6.07, 6.45) is 6.82. The summed E-state index contributed by atoms with van der Waals surface area (Å²) in [5.74, 6) is -1.39. The van der Waals surface area contributed by atoms with E-state index in [1.54, 1.807) is 29.7 Å². The highest BCUT2D eigenvalue weighted by atomic mass is 19.1. The van der Waals surface area contributed by atoms with Gasteiger partial charge < -0.3 is 5.11 Å². The predicted molar refractivity (Wildman–Crippen MR) is 159 cm³/mol. The molecule has 1 saturated carbocycles. The number of nitrogens with zero attached hydrogens (tertiary/aromatic N) is 4. The molecule has 0 atom stereocenters. The van der Waals surface area contributed by atoms with E-state index in [0.29, 0.717) is 28.6 Å². The van der Waals surface area contributed by atoms with Crippen LogP contribution in [-0.2, 0) is 19.3 Å². The molecule has 6 nitrogen and oxygen atoms in total. The molecule has 0 saturated heterocycles. The third kappa shape index (κ3) is 4.91. The molecule has 1 fully saturated rings. The van der Waals surface area contributed by atoms with Crippen LogP contribution in [0.15, 0.2) is 71.8 Å². The van der Waals surface area contributed by atoms with E-state index in [0.717, 1.165) is 42.5 Å². The highest BCUT2D eigenvalue weighted by Crippen LogP contribution is 2.37. The minimum atomic E-state index is -0.651. The Morgan fingerprint density at radius 1 is 0.976 bits per heavy atom. The van der Waals surface area contributed by atoms with Crippen LogP contribution in [0.4, 0.5) is 8.78 Å². The largest absolute Gasteiger partial charge is 0.494 e. The van der Waals surface area contributed by atoms with Gasteiger partial charge in [0.15, 0.2) is 5.43 Å². The number of benzene rings is 2. The molecule has 0 bridgehead atoms. The first-order valence-electron chi connectivity index (χ1n) is 14.3. The van der Waals surface area contributed by atoms with Gasteiger partial charge in [-0.3, -0.25) is 14.0 Å². The number of halogens is 2. The summed E-state index contributed by atoms with van der Waals surface area (Å²) in [5, 5.41) is 16.6. The fourth-order valence-electron chi connectivity index (χ4n) is 5.63. The molecule has 1 aliphatic carbocycles. The number of aromatic hydroxyl groups is 1. The predicted octanol–water partition coefficient (Wildman–Crippen LogP) is 7.11. The van der Waals surface area contributed by atoms with Gasteiger partial charge in [-0.05, 0) is 73.1 Å². The van der Waals surface area contributed by atoms with Crippen LogP contribution in [0, 0.1) is 18.7 Å². The monoisotopic (exact) mass is 566 g/mol. The second kappa shape index (κ2) is 11.0. The summed E-state index contributed by atoms with van der Waals surface area (Å²) in [6.45, 7) is 5.67. The van der Waals surface area contributed by atoms with E-state index < -0.39 is 11.8 Å². The van der Waals surface area contributed by atoms with E-state index in [1.807, 2.05) is 35.1 Å². The SMILES string of the molecule is CCc1cccc(CC)c1-n1c(-c2ccn(C3CC3)n2)cc(=O)c(Cc2ccc(-c3ccnc(F)c3C)c(F)c2)c1O. The van der Waals surface area contributed by atoms with Crippen molar-refractivity contribution < 1.29 is 13.9 Å². The maximum Gasteiger partial charge on any atom is 0.216 e. The van der Waals surface area contributed by atoms with Crippen LogP contribution in [0.1, 0.15) is 60.5 Å². The molecular formula is C34H32F2N4O2. The Labute approximate surface area is 242 Å². The van der Waals surface area contributed by atoms with E-state index in [1.165, 1.54) is 18.3 Å². The van der Waals surface area contributed by atoms with Gasteiger partial charge in [0.25, 0.3) is 0 Å². The van der Waals surface area contributed by atoms with Gasteiger partial charge in [0, 0.05) is 36.0 Å². The van der Waals surface area contributed by atoms with Crippen LogP contribution < -0.4 is 5.43 Å². The van der Waals surface area contributed by atoms with Crippen molar-refractivity contribution in [1.82, 2.24) is 19.3 Å². The van der Waals surface area contributed by atoms with Gasteiger partial charge in [-0.15, -0.1) is 0 Å². The third-order valence-electron chi connectivity index (χ3n) is 8.12. The van der Waals surface area contributed by atoms with E-state index in [4.69, 9.17) is 5.10 Å². The van der Waals surface area contributed by atoms with Crippen molar-refractivity contribution in [3.63, 3.8) is 0 Å². The zero-order chi connectivity index (χ0) is 29.5. The van der Waals surface area contributed by atoms with Gasteiger partial charge in [-0.2, -0.15) is 9.49 Å². The second-order valence-electron chi connectivity index (χ2n) is 10.8. The molecule has 2 aromatic carbocycles. The molecule has 0 unspecified atom stereocenters. The van der Waals surface area contributed by atoms with Gasteiger partial charge in [-0.1, -0.05) is 44.2 Å². The zero-order valence-corrected chi connectivity index (χ0v) is 23.9. The molecule has 0 amide bonds. The van der Waals surface area contributed by atoms with Gasteiger partial charge in [0.2, 0.25) is 11.8 Å². The van der Waals surface area contributed by atoms with Crippen molar-refractivity contribution in [3.8, 4) is 34.1 Å². The lowest BCUT2D eigenvalue weighted by Gasteiger charge is -2.22. The number of hydrogen-bond donors (Lipinski definition) is 1. The highest BCUT2D eigenvalue weighted by molar-refractivity contribution is 5.68. The van der Waals surface area contributed by atoms with Crippen LogP contribution in [0.5, 0.6) is 5.88 Å². The van der Waals surface area contributed by atoms with Crippen LogP contribution in [-0.4, -0.2) is 24.4 Å². The molecule has 8 heteroatoms. The average Bonchev–Trinajstić information content (AvgIpc) is 3.72. The first-order chi connectivity index (χ1) is 20.3. The lowest BCUT2D eigenvalue weighted by Crippen LogP contribution is -2.17. The minimum Gasteiger partial charge on any atom is -0.494 e. The number of aromatic nitrogens is 4. The Morgan fingerprint density at radius 3 is 2.38 bits per heavy atom. The fraction of sp³-hybridized carbons (Fsp3) is 0.265. The average molecular weight is 567 g/mol. The fourth-order valence-corrected chi connectivity index (χ4v) is 5.63. The number of para-hydroxylation sites is 1. The molecule has 1 N–H and O–H groups in total. The summed E-state index contributed by atoms with van der Waals surface area (Å²) in [7, 11) is 0. The molecule has 6 rings (SSSR count). The van der Waals surface area contributed by atoms with Crippen LogP contribution in [0.3, 0.4) is 0 Å². The molecule has 42 heavy (non-hydrogen) atoms. The van der Waals surface area contributed by atoms with E-state index >= 15 is 4.39 Å². The Balaban J connectivity index is 1.49. The maximum absolute atomic E-state index is 15.4. The van der Waals surface area contributed by atoms with Gasteiger partial charge in [0.05, 0.1) is 23.0 Å². The van der Waals surface area contributed by atoms with Gasteiger partial charge >= 0.3 is 0 Å². The molecule has 3 aromatic heterocycles. The Hall–Kier alpha value is -4.59. The lowest BCUT2D eigenvalue weighted by atomic mass is 9.97. The lowest BCUT2D eigenvalue weighted by molar-refractivity contribution is 0.431. The summed E-state index contributed by atoms with van der Waals surface area (Å²) in [5.41, 5.74) is 5.20. The first kappa shape index (κ1) is 27.6. The van der Waals surface area contributed by atoms with E-state index in [-0.39, 0.29) is 34.4 Å². The molecule has 5 aromatic rings. The Morgan fingerprint density at radius 2 is 1.71 bits per heavy atom. The van der Waals surface area contributed by atoms with Crippen LogP contribution >= 0.6 is 0 Å². The van der Waals surface area contributed by atoms with Crippen molar-refractivity contribution >= 4 is 0 Å². The summed E-state index contributed by atoms with van der Waals surface area (Å²) in [6, 6.07) is 16.0. The summed E-state index contributed by atoms with van der Waals surface area (Å²) in [4.78, 5) is 17.2. The topological polar surface area (TPSA) is 72.9 Å². The number of aryl methyl sites for hydroxylation is 2. The third-order valence-corrected chi connectivity index (χ3v) is 8.12. The molecule has 1 aliphatic rings. The van der Waals surface area contributed by atoms with E-state index in [9.17, 15) is 14.3 Å². The zero-order valence-electron chi connectivity index (χ0n) is 23.9. The summed E-state index contributed by atoms with van der Waals surface area (Å²) < 4.78 is 33.0. The molecular weight excluding hydrogens is 534 g/mol. The van der Waals surface area contributed by atoms with Crippen molar-refractivity contribution in [1.29, 1.82) is 0 Å². The molecule has 0 radical (unpaired) electrons.